The Labute approximate surface area is 93.3 Å². The minimum Gasteiger partial charge on any atom is -0.338 e. The van der Waals surface area contributed by atoms with Gasteiger partial charge in [-0.25, -0.2) is 0 Å². The maximum absolute atomic E-state index is 11.9. The van der Waals surface area contributed by atoms with Crippen LogP contribution in [0.15, 0.2) is 12.2 Å². The normalized spacial score (nSPS) is 12.7. The molecule has 1 atom stereocenters. The summed E-state index contributed by atoms with van der Waals surface area (Å²) in [6.07, 6.45) is 0.742. The van der Waals surface area contributed by atoms with E-state index in [1.54, 1.807) is 4.90 Å². The zero-order valence-electron chi connectivity index (χ0n) is 10.4. The molecule has 0 fully saturated rings. The highest BCUT2D eigenvalue weighted by molar-refractivity contribution is 5.81. The zero-order chi connectivity index (χ0) is 12.0. The molecular weight excluding hydrogens is 188 g/mol. The fourth-order valence-electron chi connectivity index (χ4n) is 1.51. The average molecular weight is 212 g/mol. The molecule has 0 aliphatic carbocycles. The van der Waals surface area contributed by atoms with E-state index in [1.165, 1.54) is 0 Å². The first-order valence-corrected chi connectivity index (χ1v) is 5.57. The van der Waals surface area contributed by atoms with Gasteiger partial charge in [0.05, 0.1) is 6.04 Å². The number of likely N-dealkylation sites (N-methyl/N-ethyl adjacent to an activating group) is 1. The molecule has 3 heteroatoms. The predicted octanol–water partition coefficient (Wildman–Crippen LogP) is 1.78. The summed E-state index contributed by atoms with van der Waals surface area (Å²) < 4.78 is 0. The van der Waals surface area contributed by atoms with Crippen molar-refractivity contribution in [2.75, 3.05) is 13.1 Å². The SMILES string of the molecule is C=C(C)CN(CC)C(=O)[C@@H](N)CC(C)C. The summed E-state index contributed by atoms with van der Waals surface area (Å²) in [6.45, 7) is 13.1. The maximum atomic E-state index is 11.9. The molecule has 0 spiro atoms. The molecule has 0 heterocycles. The largest absolute Gasteiger partial charge is 0.338 e. The number of hydrogen-bond donors (Lipinski definition) is 1. The van der Waals surface area contributed by atoms with Crippen molar-refractivity contribution in [1.29, 1.82) is 0 Å². The van der Waals surface area contributed by atoms with Gasteiger partial charge in [-0.2, -0.15) is 0 Å². The number of amides is 1. The molecule has 0 aliphatic rings. The van der Waals surface area contributed by atoms with Gasteiger partial charge in [0, 0.05) is 13.1 Å². The van der Waals surface area contributed by atoms with Crippen LogP contribution in [0, 0.1) is 5.92 Å². The van der Waals surface area contributed by atoms with E-state index in [9.17, 15) is 4.79 Å². The van der Waals surface area contributed by atoms with E-state index in [4.69, 9.17) is 5.73 Å². The first kappa shape index (κ1) is 14.2. The van der Waals surface area contributed by atoms with Gasteiger partial charge in [-0.3, -0.25) is 4.79 Å². The van der Waals surface area contributed by atoms with Gasteiger partial charge in [-0.15, -0.1) is 0 Å². The highest BCUT2D eigenvalue weighted by Gasteiger charge is 2.20. The van der Waals surface area contributed by atoms with Gasteiger partial charge in [0.1, 0.15) is 0 Å². The van der Waals surface area contributed by atoms with Gasteiger partial charge in [0.15, 0.2) is 0 Å². The lowest BCUT2D eigenvalue weighted by Crippen LogP contribution is -2.44. The number of nitrogens with two attached hydrogens (primary N) is 1. The molecule has 0 aromatic rings. The van der Waals surface area contributed by atoms with E-state index in [0.29, 0.717) is 19.0 Å². The predicted molar refractivity (Wildman–Crippen MR) is 64.5 cm³/mol. The summed E-state index contributed by atoms with van der Waals surface area (Å²) >= 11 is 0. The third kappa shape index (κ3) is 5.57. The van der Waals surface area contributed by atoms with Crippen LogP contribution in [0.1, 0.15) is 34.1 Å². The topological polar surface area (TPSA) is 46.3 Å². The lowest BCUT2D eigenvalue weighted by atomic mass is 10.0. The first-order chi connectivity index (χ1) is 6.88. The minimum absolute atomic E-state index is 0.0363. The second kappa shape index (κ2) is 6.62. The van der Waals surface area contributed by atoms with E-state index in [1.807, 2.05) is 13.8 Å². The van der Waals surface area contributed by atoms with Crippen LogP contribution in [0.3, 0.4) is 0 Å². The average Bonchev–Trinajstić information content (AvgIpc) is 2.11. The maximum Gasteiger partial charge on any atom is 0.239 e. The second-order valence-electron chi connectivity index (χ2n) is 4.55. The number of carbonyl (C=O) groups is 1. The van der Waals surface area contributed by atoms with Gasteiger partial charge in [0.2, 0.25) is 5.91 Å². The van der Waals surface area contributed by atoms with E-state index < -0.39 is 0 Å². The Kier molecular flexibility index (Phi) is 6.25. The van der Waals surface area contributed by atoms with Crippen molar-refractivity contribution in [2.24, 2.45) is 11.7 Å². The van der Waals surface area contributed by atoms with Gasteiger partial charge in [-0.05, 0) is 26.2 Å². The van der Waals surface area contributed by atoms with Crippen molar-refractivity contribution in [3.8, 4) is 0 Å². The third-order valence-corrected chi connectivity index (χ3v) is 2.20. The fraction of sp³-hybridized carbons (Fsp3) is 0.750. The summed E-state index contributed by atoms with van der Waals surface area (Å²) in [4.78, 5) is 13.7. The number of hydrogen-bond acceptors (Lipinski definition) is 2. The van der Waals surface area contributed by atoms with Crippen molar-refractivity contribution in [3.05, 3.63) is 12.2 Å². The smallest absolute Gasteiger partial charge is 0.239 e. The summed E-state index contributed by atoms with van der Waals surface area (Å²) in [5.74, 6) is 0.488. The van der Waals surface area contributed by atoms with Crippen molar-refractivity contribution in [2.45, 2.75) is 40.2 Å². The molecule has 88 valence electrons. The Hall–Kier alpha value is -0.830. The number of carbonyl (C=O) groups excluding carboxylic acids is 1. The standard InChI is InChI=1S/C12H24N2O/c1-6-14(8-10(4)5)12(15)11(13)7-9(2)3/h9,11H,4,6-8,13H2,1-3,5H3/t11-/m0/s1. The Balaban J connectivity index is 4.30. The molecule has 0 saturated heterocycles. The summed E-state index contributed by atoms with van der Waals surface area (Å²) in [5.41, 5.74) is 6.84. The lowest BCUT2D eigenvalue weighted by molar-refractivity contribution is -0.132. The molecule has 0 unspecified atom stereocenters. The van der Waals surface area contributed by atoms with Crippen LogP contribution in [0.4, 0.5) is 0 Å². The van der Waals surface area contributed by atoms with Crippen molar-refractivity contribution in [3.63, 3.8) is 0 Å². The van der Waals surface area contributed by atoms with Crippen molar-refractivity contribution in [1.82, 2.24) is 4.90 Å². The molecule has 3 nitrogen and oxygen atoms in total. The molecule has 15 heavy (non-hydrogen) atoms. The van der Waals surface area contributed by atoms with Crippen LogP contribution >= 0.6 is 0 Å². The van der Waals surface area contributed by atoms with Crippen LogP contribution in [-0.2, 0) is 4.79 Å². The third-order valence-electron chi connectivity index (χ3n) is 2.20. The van der Waals surface area contributed by atoms with E-state index in [-0.39, 0.29) is 11.9 Å². The van der Waals surface area contributed by atoms with Gasteiger partial charge >= 0.3 is 0 Å². The summed E-state index contributed by atoms with van der Waals surface area (Å²) in [6, 6.07) is -0.371. The van der Waals surface area contributed by atoms with Crippen LogP contribution < -0.4 is 5.73 Å². The summed E-state index contributed by atoms with van der Waals surface area (Å²) in [7, 11) is 0. The highest BCUT2D eigenvalue weighted by Crippen LogP contribution is 2.07. The van der Waals surface area contributed by atoms with Gasteiger partial charge in [-0.1, -0.05) is 26.0 Å². The Morgan fingerprint density at radius 2 is 2.00 bits per heavy atom. The highest BCUT2D eigenvalue weighted by atomic mass is 16.2. The fourth-order valence-corrected chi connectivity index (χ4v) is 1.51. The molecule has 0 aromatic heterocycles. The van der Waals surface area contributed by atoms with Crippen LogP contribution in [0.25, 0.3) is 0 Å². The molecule has 0 rings (SSSR count). The molecule has 0 bridgehead atoms. The quantitative estimate of drug-likeness (QED) is 0.682. The Bertz CT molecular complexity index is 224. The van der Waals surface area contributed by atoms with Gasteiger partial charge < -0.3 is 10.6 Å². The van der Waals surface area contributed by atoms with Crippen LogP contribution in [0.2, 0.25) is 0 Å². The zero-order valence-corrected chi connectivity index (χ0v) is 10.4. The van der Waals surface area contributed by atoms with Crippen molar-refractivity contribution >= 4 is 5.91 Å². The number of rotatable bonds is 6. The summed E-state index contributed by atoms with van der Waals surface area (Å²) in [5, 5.41) is 0. The molecule has 2 N–H and O–H groups in total. The number of nitrogens with zero attached hydrogens (tertiary/aromatic N) is 1. The monoisotopic (exact) mass is 212 g/mol. The molecule has 0 aromatic carbocycles. The molecule has 1 amide bonds. The molecule has 0 saturated carbocycles. The van der Waals surface area contributed by atoms with E-state index >= 15 is 0 Å². The molecule has 0 aliphatic heterocycles. The van der Waals surface area contributed by atoms with Crippen molar-refractivity contribution < 1.29 is 4.79 Å². The Morgan fingerprint density at radius 3 is 2.33 bits per heavy atom. The van der Waals surface area contributed by atoms with Gasteiger partial charge in [0.25, 0.3) is 0 Å². The minimum atomic E-state index is -0.371. The van der Waals surface area contributed by atoms with Crippen LogP contribution in [0.5, 0.6) is 0 Å². The lowest BCUT2D eigenvalue weighted by Gasteiger charge is -2.25. The Morgan fingerprint density at radius 1 is 1.47 bits per heavy atom. The van der Waals surface area contributed by atoms with E-state index in [0.717, 1.165) is 12.0 Å². The van der Waals surface area contributed by atoms with E-state index in [2.05, 4.69) is 20.4 Å². The molecule has 0 radical (unpaired) electrons. The molecular formula is C12H24N2O. The first-order valence-electron chi connectivity index (χ1n) is 5.57. The van der Waals surface area contributed by atoms with Crippen LogP contribution in [-0.4, -0.2) is 29.9 Å². The second-order valence-corrected chi connectivity index (χ2v) is 4.55.